The van der Waals surface area contributed by atoms with Gasteiger partial charge in [0.25, 0.3) is 0 Å². The lowest BCUT2D eigenvalue weighted by molar-refractivity contribution is -0.158. The Balaban J connectivity index is 2.93. The summed E-state index contributed by atoms with van der Waals surface area (Å²) in [4.78, 5) is 11.7. The van der Waals surface area contributed by atoms with Gasteiger partial charge in [-0.15, -0.1) is 0 Å². The van der Waals surface area contributed by atoms with Gasteiger partial charge in [-0.2, -0.15) is 0 Å². The van der Waals surface area contributed by atoms with Crippen LogP contribution in [0, 0.1) is 0 Å². The molecule has 1 aromatic carbocycles. The quantitative estimate of drug-likeness (QED) is 0.781. The van der Waals surface area contributed by atoms with Crippen LogP contribution in [0.2, 0.25) is 0 Å². The van der Waals surface area contributed by atoms with E-state index in [-0.39, 0.29) is 19.0 Å². The Labute approximate surface area is 106 Å². The molecule has 5 heteroatoms. The van der Waals surface area contributed by atoms with Crippen molar-refractivity contribution in [2.45, 2.75) is 33.0 Å². The molecule has 0 aliphatic heterocycles. The Kier molecular flexibility index (Phi) is 4.55. The first-order valence-electron chi connectivity index (χ1n) is 5.69. The van der Waals surface area contributed by atoms with Crippen LogP contribution >= 0.6 is 0 Å². The number of rotatable bonds is 5. The molecule has 0 aliphatic rings. The zero-order valence-corrected chi connectivity index (χ0v) is 10.8. The number of aliphatic hydroxyl groups excluding tert-OH is 1. The van der Waals surface area contributed by atoms with Crippen LogP contribution in [0.25, 0.3) is 0 Å². The first kappa shape index (κ1) is 14.3. The Bertz CT molecular complexity index is 425. The highest BCUT2D eigenvalue weighted by Crippen LogP contribution is 2.27. The molecular formula is C13H18O5. The second kappa shape index (κ2) is 5.73. The summed E-state index contributed by atoms with van der Waals surface area (Å²) in [5, 5.41) is 18.5. The maximum atomic E-state index is 11.7. The molecule has 0 atom stereocenters. The molecule has 0 bridgehead atoms. The molecule has 0 saturated carbocycles. The number of hydrogen-bond donors (Lipinski definition) is 2. The van der Waals surface area contributed by atoms with Gasteiger partial charge in [0, 0.05) is 5.56 Å². The second-order valence-corrected chi connectivity index (χ2v) is 4.28. The molecular weight excluding hydrogens is 236 g/mol. The predicted molar refractivity (Wildman–Crippen MR) is 65.4 cm³/mol. The molecule has 1 rings (SSSR count). The molecule has 18 heavy (non-hydrogen) atoms. The summed E-state index contributed by atoms with van der Waals surface area (Å²) in [5.74, 6) is -0.115. The number of phenolic OH excluding ortho intramolecular Hbond substituents is 1. The number of aliphatic hydroxyl groups is 1. The summed E-state index contributed by atoms with van der Waals surface area (Å²) in [6.45, 7) is 4.86. The third kappa shape index (κ3) is 3.37. The van der Waals surface area contributed by atoms with Crippen LogP contribution in [0.4, 0.5) is 0 Å². The van der Waals surface area contributed by atoms with E-state index < -0.39 is 11.6 Å². The van der Waals surface area contributed by atoms with Crippen molar-refractivity contribution in [3.8, 4) is 11.5 Å². The van der Waals surface area contributed by atoms with Crippen molar-refractivity contribution in [1.29, 1.82) is 0 Å². The minimum absolute atomic E-state index is 0.0281. The Morgan fingerprint density at radius 3 is 2.61 bits per heavy atom. The molecule has 0 aromatic heterocycles. The van der Waals surface area contributed by atoms with Gasteiger partial charge in [0.2, 0.25) is 0 Å². The molecule has 5 nitrogen and oxygen atoms in total. The summed E-state index contributed by atoms with van der Waals surface area (Å²) in [5.41, 5.74) is -0.746. The van der Waals surface area contributed by atoms with Gasteiger partial charge in [0.15, 0.2) is 5.60 Å². The van der Waals surface area contributed by atoms with Crippen LogP contribution in [0.5, 0.6) is 11.5 Å². The summed E-state index contributed by atoms with van der Waals surface area (Å²) in [6, 6.07) is 4.31. The SMILES string of the molecule is CCOC(=O)C(C)(C)Oc1ccc(O)cc1CO. The van der Waals surface area contributed by atoms with Gasteiger partial charge < -0.3 is 19.7 Å². The topological polar surface area (TPSA) is 76.0 Å². The van der Waals surface area contributed by atoms with Crippen LogP contribution < -0.4 is 4.74 Å². The molecule has 0 spiro atoms. The average Bonchev–Trinajstić information content (AvgIpc) is 2.31. The van der Waals surface area contributed by atoms with Gasteiger partial charge in [-0.25, -0.2) is 4.79 Å². The zero-order chi connectivity index (χ0) is 13.8. The van der Waals surface area contributed by atoms with Crippen LogP contribution in [0.1, 0.15) is 26.3 Å². The molecule has 2 N–H and O–H groups in total. The Morgan fingerprint density at radius 2 is 2.06 bits per heavy atom. The van der Waals surface area contributed by atoms with E-state index in [1.54, 1.807) is 20.8 Å². The zero-order valence-electron chi connectivity index (χ0n) is 10.8. The summed E-state index contributed by atoms with van der Waals surface area (Å²) < 4.78 is 10.4. The van der Waals surface area contributed by atoms with Crippen molar-refractivity contribution in [1.82, 2.24) is 0 Å². The standard InChI is InChI=1S/C13H18O5/c1-4-17-12(16)13(2,3)18-11-6-5-10(15)7-9(11)8-14/h5-7,14-15H,4,8H2,1-3H3. The molecule has 0 amide bonds. The summed E-state index contributed by atoms with van der Waals surface area (Å²) in [6.07, 6.45) is 0. The average molecular weight is 254 g/mol. The molecule has 0 aliphatic carbocycles. The highest BCUT2D eigenvalue weighted by molar-refractivity contribution is 5.79. The minimum Gasteiger partial charge on any atom is -0.508 e. The largest absolute Gasteiger partial charge is 0.508 e. The van der Waals surface area contributed by atoms with E-state index >= 15 is 0 Å². The number of aromatic hydroxyl groups is 1. The van der Waals surface area contributed by atoms with E-state index in [1.165, 1.54) is 18.2 Å². The van der Waals surface area contributed by atoms with E-state index in [0.717, 1.165) is 0 Å². The van der Waals surface area contributed by atoms with Gasteiger partial charge in [-0.05, 0) is 39.0 Å². The fraction of sp³-hybridized carbons (Fsp3) is 0.462. The molecule has 0 saturated heterocycles. The molecule has 1 aromatic rings. The second-order valence-electron chi connectivity index (χ2n) is 4.28. The first-order chi connectivity index (χ1) is 8.40. The Morgan fingerprint density at radius 1 is 1.39 bits per heavy atom. The third-order valence-electron chi connectivity index (χ3n) is 2.35. The Hall–Kier alpha value is -1.75. The lowest BCUT2D eigenvalue weighted by atomic mass is 10.1. The number of esters is 1. The van der Waals surface area contributed by atoms with Crippen molar-refractivity contribution < 1.29 is 24.5 Å². The van der Waals surface area contributed by atoms with E-state index in [1.807, 2.05) is 0 Å². The van der Waals surface area contributed by atoms with Crippen molar-refractivity contribution in [3.05, 3.63) is 23.8 Å². The lowest BCUT2D eigenvalue weighted by Crippen LogP contribution is -2.40. The smallest absolute Gasteiger partial charge is 0.349 e. The predicted octanol–water partition coefficient (Wildman–Crippen LogP) is 1.60. The van der Waals surface area contributed by atoms with E-state index in [2.05, 4.69) is 0 Å². The molecule has 100 valence electrons. The number of ether oxygens (including phenoxy) is 2. The molecule has 0 radical (unpaired) electrons. The highest BCUT2D eigenvalue weighted by atomic mass is 16.6. The molecule has 0 fully saturated rings. The fourth-order valence-corrected chi connectivity index (χ4v) is 1.41. The van der Waals surface area contributed by atoms with Crippen molar-refractivity contribution in [2.24, 2.45) is 0 Å². The van der Waals surface area contributed by atoms with E-state index in [4.69, 9.17) is 9.47 Å². The number of carbonyl (C=O) groups excluding carboxylic acids is 1. The van der Waals surface area contributed by atoms with Gasteiger partial charge in [-0.3, -0.25) is 0 Å². The normalized spacial score (nSPS) is 11.1. The number of carbonyl (C=O) groups is 1. The highest BCUT2D eigenvalue weighted by Gasteiger charge is 2.32. The monoisotopic (exact) mass is 254 g/mol. The van der Waals surface area contributed by atoms with E-state index in [9.17, 15) is 15.0 Å². The van der Waals surface area contributed by atoms with Gasteiger partial charge >= 0.3 is 5.97 Å². The number of benzene rings is 1. The van der Waals surface area contributed by atoms with Gasteiger partial charge in [-0.1, -0.05) is 0 Å². The van der Waals surface area contributed by atoms with Crippen LogP contribution in [0.15, 0.2) is 18.2 Å². The van der Waals surface area contributed by atoms with Gasteiger partial charge in [0.1, 0.15) is 11.5 Å². The first-order valence-corrected chi connectivity index (χ1v) is 5.69. The van der Waals surface area contributed by atoms with Crippen molar-refractivity contribution >= 4 is 5.97 Å². The fourth-order valence-electron chi connectivity index (χ4n) is 1.41. The lowest BCUT2D eigenvalue weighted by Gasteiger charge is -2.25. The van der Waals surface area contributed by atoms with Gasteiger partial charge in [0.05, 0.1) is 13.2 Å². The maximum absolute atomic E-state index is 11.7. The molecule has 0 unspecified atom stereocenters. The van der Waals surface area contributed by atoms with Crippen molar-refractivity contribution in [2.75, 3.05) is 6.61 Å². The van der Waals surface area contributed by atoms with Crippen LogP contribution in [-0.2, 0) is 16.1 Å². The van der Waals surface area contributed by atoms with E-state index in [0.29, 0.717) is 11.3 Å². The van der Waals surface area contributed by atoms with Crippen molar-refractivity contribution in [3.63, 3.8) is 0 Å². The molecule has 0 heterocycles. The van der Waals surface area contributed by atoms with Crippen LogP contribution in [-0.4, -0.2) is 28.4 Å². The van der Waals surface area contributed by atoms with Crippen LogP contribution in [0.3, 0.4) is 0 Å². The summed E-state index contributed by atoms with van der Waals surface area (Å²) >= 11 is 0. The summed E-state index contributed by atoms with van der Waals surface area (Å²) in [7, 11) is 0. The maximum Gasteiger partial charge on any atom is 0.349 e. The number of hydrogen-bond acceptors (Lipinski definition) is 5. The third-order valence-corrected chi connectivity index (χ3v) is 2.35. The number of phenols is 1. The minimum atomic E-state index is -1.16.